The zero-order valence-electron chi connectivity index (χ0n) is 13.2. The third-order valence-electron chi connectivity index (χ3n) is 4.21. The Labute approximate surface area is 126 Å². The summed E-state index contributed by atoms with van der Waals surface area (Å²) in [5.41, 5.74) is 3.71. The van der Waals surface area contributed by atoms with Gasteiger partial charge in [-0.2, -0.15) is 0 Å². The van der Waals surface area contributed by atoms with Gasteiger partial charge in [-0.25, -0.2) is 0 Å². The van der Waals surface area contributed by atoms with Crippen LogP contribution in [-0.4, -0.2) is 5.60 Å². The number of hydrogen-bond donors (Lipinski definition) is 0. The maximum absolute atomic E-state index is 6.22. The van der Waals surface area contributed by atoms with Crippen LogP contribution in [0.3, 0.4) is 0 Å². The molecule has 0 fully saturated rings. The Morgan fingerprint density at radius 1 is 1.05 bits per heavy atom. The molecule has 1 atom stereocenters. The summed E-state index contributed by atoms with van der Waals surface area (Å²) in [6.45, 7) is 8.34. The van der Waals surface area contributed by atoms with Crippen molar-refractivity contribution in [1.29, 1.82) is 0 Å². The van der Waals surface area contributed by atoms with E-state index >= 15 is 0 Å². The third kappa shape index (κ3) is 2.08. The molecule has 108 valence electrons. The van der Waals surface area contributed by atoms with E-state index in [1.165, 1.54) is 27.1 Å². The Balaban J connectivity index is 0.000000636. The van der Waals surface area contributed by atoms with Gasteiger partial charge in [0.1, 0.15) is 11.4 Å². The molecular formula is C20H22O. The maximum Gasteiger partial charge on any atom is 0.136 e. The number of fused-ring (bicyclic) bond motifs is 4. The van der Waals surface area contributed by atoms with Gasteiger partial charge in [0.05, 0.1) is 0 Å². The number of aryl methyl sites for hydroxylation is 1. The predicted molar refractivity (Wildman–Crippen MR) is 88.8 cm³/mol. The molecule has 0 radical (unpaired) electrons. The fourth-order valence-electron chi connectivity index (χ4n) is 3.30. The Morgan fingerprint density at radius 3 is 2.62 bits per heavy atom. The van der Waals surface area contributed by atoms with Crippen LogP contribution in [0.2, 0.25) is 0 Å². The van der Waals surface area contributed by atoms with Crippen LogP contribution >= 0.6 is 0 Å². The van der Waals surface area contributed by atoms with E-state index in [2.05, 4.69) is 56.3 Å². The molecule has 0 saturated carbocycles. The van der Waals surface area contributed by atoms with Crippen molar-refractivity contribution in [2.75, 3.05) is 0 Å². The van der Waals surface area contributed by atoms with Crippen LogP contribution < -0.4 is 15.2 Å². The molecule has 0 aromatic heterocycles. The molecule has 2 aromatic carbocycles. The summed E-state index contributed by atoms with van der Waals surface area (Å²) in [6, 6.07) is 15.1. The van der Waals surface area contributed by atoms with Gasteiger partial charge in [-0.05, 0) is 30.4 Å². The molecule has 1 heterocycles. The molecule has 0 amide bonds. The van der Waals surface area contributed by atoms with Crippen LogP contribution in [0.1, 0.15) is 38.3 Å². The average Bonchev–Trinajstić information content (AvgIpc) is 2.81. The van der Waals surface area contributed by atoms with Crippen molar-refractivity contribution >= 4 is 11.6 Å². The number of rotatable bonds is 0. The van der Waals surface area contributed by atoms with E-state index in [-0.39, 0.29) is 5.60 Å². The molecule has 1 nitrogen and oxygen atoms in total. The SMILES string of the molecule is CC.Cc1ccc2c(c1)=CCC1(C)Oc3ccccc3C=21. The molecule has 4 rings (SSSR count). The number of para-hydroxylation sites is 1. The Kier molecular flexibility index (Phi) is 3.36. The minimum atomic E-state index is -0.202. The quantitative estimate of drug-likeness (QED) is 0.716. The molecule has 1 aliphatic carbocycles. The minimum absolute atomic E-state index is 0.202. The van der Waals surface area contributed by atoms with Crippen LogP contribution in [0.5, 0.6) is 5.75 Å². The van der Waals surface area contributed by atoms with Gasteiger partial charge in [0.15, 0.2) is 0 Å². The number of hydrogen-bond acceptors (Lipinski definition) is 1. The molecule has 1 aliphatic heterocycles. The summed E-state index contributed by atoms with van der Waals surface area (Å²) in [5, 5.41) is 2.66. The molecule has 2 aromatic rings. The van der Waals surface area contributed by atoms with Gasteiger partial charge < -0.3 is 4.74 Å². The van der Waals surface area contributed by atoms with E-state index in [1.54, 1.807) is 0 Å². The lowest BCUT2D eigenvalue weighted by Gasteiger charge is -2.27. The summed E-state index contributed by atoms with van der Waals surface area (Å²) in [6.07, 6.45) is 3.24. The maximum atomic E-state index is 6.22. The first-order chi connectivity index (χ1) is 10.2. The lowest BCUT2D eigenvalue weighted by Crippen LogP contribution is -2.42. The van der Waals surface area contributed by atoms with Gasteiger partial charge in [0.25, 0.3) is 0 Å². The Morgan fingerprint density at radius 2 is 1.81 bits per heavy atom. The van der Waals surface area contributed by atoms with Crippen LogP contribution in [0.15, 0.2) is 42.5 Å². The average molecular weight is 278 g/mol. The lowest BCUT2D eigenvalue weighted by molar-refractivity contribution is 0.173. The molecule has 0 N–H and O–H groups in total. The Hall–Kier alpha value is -2.02. The van der Waals surface area contributed by atoms with E-state index in [1.807, 2.05) is 19.9 Å². The van der Waals surface area contributed by atoms with Gasteiger partial charge in [-0.15, -0.1) is 0 Å². The second kappa shape index (κ2) is 5.07. The predicted octanol–water partition coefficient (Wildman–Crippen LogP) is 3.56. The van der Waals surface area contributed by atoms with Gasteiger partial charge >= 0.3 is 0 Å². The van der Waals surface area contributed by atoms with Gasteiger partial charge in [0, 0.05) is 17.6 Å². The first-order valence-corrected chi connectivity index (χ1v) is 7.77. The zero-order chi connectivity index (χ0) is 15.0. The fourth-order valence-corrected chi connectivity index (χ4v) is 3.30. The summed E-state index contributed by atoms with van der Waals surface area (Å²) >= 11 is 0. The van der Waals surface area contributed by atoms with Crippen LogP contribution in [0.25, 0.3) is 11.6 Å². The van der Waals surface area contributed by atoms with Crippen molar-refractivity contribution in [3.05, 3.63) is 64.0 Å². The second-order valence-electron chi connectivity index (χ2n) is 5.70. The normalized spacial score (nSPS) is 21.0. The van der Waals surface area contributed by atoms with E-state index in [9.17, 15) is 0 Å². The lowest BCUT2D eigenvalue weighted by atomic mass is 9.83. The highest BCUT2D eigenvalue weighted by atomic mass is 16.5. The van der Waals surface area contributed by atoms with Gasteiger partial charge in [-0.3, -0.25) is 0 Å². The van der Waals surface area contributed by atoms with Gasteiger partial charge in [0.2, 0.25) is 0 Å². The molecule has 0 spiro atoms. The molecule has 2 aliphatic rings. The summed E-state index contributed by atoms with van der Waals surface area (Å²) in [4.78, 5) is 0. The van der Waals surface area contributed by atoms with Crippen molar-refractivity contribution < 1.29 is 4.74 Å². The van der Waals surface area contributed by atoms with E-state index in [4.69, 9.17) is 4.74 Å². The van der Waals surface area contributed by atoms with Crippen molar-refractivity contribution in [1.82, 2.24) is 0 Å². The highest BCUT2D eigenvalue weighted by Crippen LogP contribution is 2.44. The minimum Gasteiger partial charge on any atom is -0.482 e. The first-order valence-electron chi connectivity index (χ1n) is 7.77. The van der Waals surface area contributed by atoms with Crippen molar-refractivity contribution in [3.63, 3.8) is 0 Å². The van der Waals surface area contributed by atoms with Crippen LogP contribution in [0, 0.1) is 6.92 Å². The molecule has 0 saturated heterocycles. The highest BCUT2D eigenvalue weighted by molar-refractivity contribution is 5.81. The number of ether oxygens (including phenoxy) is 1. The molecular weight excluding hydrogens is 256 g/mol. The fraction of sp³-hybridized carbons (Fsp3) is 0.300. The summed E-state index contributed by atoms with van der Waals surface area (Å²) < 4.78 is 6.22. The second-order valence-corrected chi connectivity index (χ2v) is 5.70. The zero-order valence-corrected chi connectivity index (χ0v) is 13.2. The molecule has 1 unspecified atom stereocenters. The topological polar surface area (TPSA) is 9.23 Å². The van der Waals surface area contributed by atoms with Crippen LogP contribution in [-0.2, 0) is 0 Å². The number of benzene rings is 2. The van der Waals surface area contributed by atoms with Crippen LogP contribution in [0.4, 0.5) is 0 Å². The molecule has 0 bridgehead atoms. The highest BCUT2D eigenvalue weighted by Gasteiger charge is 2.40. The smallest absolute Gasteiger partial charge is 0.136 e. The van der Waals surface area contributed by atoms with Crippen molar-refractivity contribution in [2.45, 2.75) is 39.7 Å². The monoisotopic (exact) mass is 278 g/mol. The van der Waals surface area contributed by atoms with E-state index < -0.39 is 0 Å². The van der Waals surface area contributed by atoms with E-state index in [0.29, 0.717) is 0 Å². The first kappa shape index (κ1) is 13.9. The van der Waals surface area contributed by atoms with Crippen molar-refractivity contribution in [3.8, 4) is 5.75 Å². The van der Waals surface area contributed by atoms with Gasteiger partial charge in [-0.1, -0.05) is 61.9 Å². The standard InChI is InChI=1S/C18H16O.C2H6/c1-12-7-8-14-13(11-12)9-10-18(2)17(14)15-5-3-4-6-16(15)19-18;1-2/h3-9,11H,10H2,1-2H3;1-2H3. The largest absolute Gasteiger partial charge is 0.482 e. The summed E-state index contributed by atoms with van der Waals surface area (Å²) in [7, 11) is 0. The molecule has 21 heavy (non-hydrogen) atoms. The summed E-state index contributed by atoms with van der Waals surface area (Å²) in [5.74, 6) is 1.02. The van der Waals surface area contributed by atoms with Crippen molar-refractivity contribution in [2.24, 2.45) is 0 Å². The molecule has 1 heteroatoms. The third-order valence-corrected chi connectivity index (χ3v) is 4.21. The van der Waals surface area contributed by atoms with E-state index in [0.717, 1.165) is 12.2 Å². The Bertz CT molecular complexity index is 801.